The fourth-order valence-electron chi connectivity index (χ4n) is 1.82. The molecule has 0 saturated carbocycles. The molecule has 0 amide bonds. The summed E-state index contributed by atoms with van der Waals surface area (Å²) < 4.78 is 14.5. The first-order valence-electron chi connectivity index (χ1n) is 5.81. The first kappa shape index (κ1) is 15.0. The molecule has 0 saturated heterocycles. The maximum absolute atomic E-state index is 13.9. The summed E-state index contributed by atoms with van der Waals surface area (Å²) in [5.41, 5.74) is 2.95. The van der Waals surface area contributed by atoms with Crippen LogP contribution in [0, 0.1) is 12.7 Å². The molecule has 19 heavy (non-hydrogen) atoms. The van der Waals surface area contributed by atoms with Gasteiger partial charge in [-0.25, -0.2) is 4.39 Å². The maximum Gasteiger partial charge on any atom is 0.128 e. The highest BCUT2D eigenvalue weighted by Gasteiger charge is 2.15. The zero-order valence-corrected chi connectivity index (χ0v) is 14.2. The van der Waals surface area contributed by atoms with Gasteiger partial charge in [0.1, 0.15) is 5.82 Å². The molecule has 0 heterocycles. The number of rotatable bonds is 3. The summed E-state index contributed by atoms with van der Waals surface area (Å²) in [5.74, 6) is -0.259. The molecule has 0 aromatic heterocycles. The molecule has 0 N–H and O–H groups in total. The molecule has 0 radical (unpaired) electrons. The molecule has 4 heteroatoms. The molecule has 0 aliphatic carbocycles. The minimum atomic E-state index is -0.259. The quantitative estimate of drug-likeness (QED) is 0.419. The summed E-state index contributed by atoms with van der Waals surface area (Å²) in [6.45, 7) is 2.05. The van der Waals surface area contributed by atoms with Crippen molar-refractivity contribution in [2.24, 2.45) is 0 Å². The SMILES string of the molecule is Cc1ccc(CC(Br)c2cc(Cl)c(Br)cc2F)cc1. The van der Waals surface area contributed by atoms with Crippen LogP contribution in [0.3, 0.4) is 0 Å². The van der Waals surface area contributed by atoms with Crippen LogP contribution < -0.4 is 0 Å². The van der Waals surface area contributed by atoms with Crippen LogP contribution in [0.25, 0.3) is 0 Å². The van der Waals surface area contributed by atoms with Gasteiger partial charge < -0.3 is 0 Å². The van der Waals surface area contributed by atoms with Gasteiger partial charge in [0, 0.05) is 14.9 Å². The topological polar surface area (TPSA) is 0 Å². The van der Waals surface area contributed by atoms with Gasteiger partial charge in [-0.1, -0.05) is 57.4 Å². The number of halogens is 4. The summed E-state index contributed by atoms with van der Waals surface area (Å²) in [7, 11) is 0. The summed E-state index contributed by atoms with van der Waals surface area (Å²) in [6.07, 6.45) is 0.717. The van der Waals surface area contributed by atoms with Crippen molar-refractivity contribution >= 4 is 43.5 Å². The largest absolute Gasteiger partial charge is 0.207 e. The zero-order valence-electron chi connectivity index (χ0n) is 10.3. The number of alkyl halides is 1. The number of benzene rings is 2. The smallest absolute Gasteiger partial charge is 0.128 e. The van der Waals surface area contributed by atoms with Gasteiger partial charge in [0.05, 0.1) is 5.02 Å². The van der Waals surface area contributed by atoms with E-state index < -0.39 is 0 Å². The second-order valence-corrected chi connectivity index (χ2v) is 6.81. The number of aryl methyl sites for hydroxylation is 1. The molecule has 1 unspecified atom stereocenters. The molecule has 0 bridgehead atoms. The van der Waals surface area contributed by atoms with Crippen molar-refractivity contribution in [3.8, 4) is 0 Å². The Balaban J connectivity index is 2.22. The first-order valence-corrected chi connectivity index (χ1v) is 7.90. The van der Waals surface area contributed by atoms with Gasteiger partial charge in [-0.15, -0.1) is 0 Å². The Hall–Kier alpha value is -0.380. The van der Waals surface area contributed by atoms with Crippen molar-refractivity contribution in [1.82, 2.24) is 0 Å². The van der Waals surface area contributed by atoms with Crippen LogP contribution >= 0.6 is 43.5 Å². The van der Waals surface area contributed by atoms with Gasteiger partial charge in [-0.3, -0.25) is 0 Å². The Bertz CT molecular complexity index is 581. The zero-order chi connectivity index (χ0) is 14.0. The Labute approximate surface area is 134 Å². The number of hydrogen-bond acceptors (Lipinski definition) is 0. The van der Waals surface area contributed by atoms with Crippen LogP contribution in [0.2, 0.25) is 5.02 Å². The summed E-state index contributed by atoms with van der Waals surface area (Å²) in [4.78, 5) is -0.0965. The monoisotopic (exact) mass is 404 g/mol. The minimum absolute atomic E-state index is 0.0965. The molecule has 1 atom stereocenters. The average Bonchev–Trinajstić information content (AvgIpc) is 2.36. The molecule has 2 rings (SSSR count). The van der Waals surface area contributed by atoms with E-state index in [1.807, 2.05) is 6.92 Å². The highest BCUT2D eigenvalue weighted by molar-refractivity contribution is 9.10. The third-order valence-electron chi connectivity index (χ3n) is 2.91. The minimum Gasteiger partial charge on any atom is -0.207 e. The second-order valence-electron chi connectivity index (χ2n) is 4.45. The third-order valence-corrected chi connectivity index (χ3v) is 4.93. The van der Waals surface area contributed by atoms with Gasteiger partial charge in [-0.2, -0.15) is 0 Å². The van der Waals surface area contributed by atoms with Crippen molar-refractivity contribution < 1.29 is 4.39 Å². The van der Waals surface area contributed by atoms with Crippen LogP contribution in [0.4, 0.5) is 4.39 Å². The van der Waals surface area contributed by atoms with Crippen LogP contribution in [-0.2, 0) is 6.42 Å². The Morgan fingerprint density at radius 3 is 2.47 bits per heavy atom. The summed E-state index contributed by atoms with van der Waals surface area (Å²) >= 11 is 12.8. The summed E-state index contributed by atoms with van der Waals surface area (Å²) in [6, 6.07) is 11.3. The first-order chi connectivity index (χ1) is 8.97. The van der Waals surface area contributed by atoms with E-state index in [0.717, 1.165) is 12.0 Å². The molecule has 2 aromatic carbocycles. The van der Waals surface area contributed by atoms with E-state index in [4.69, 9.17) is 11.6 Å². The van der Waals surface area contributed by atoms with Crippen molar-refractivity contribution in [2.45, 2.75) is 18.2 Å². The molecular formula is C15H12Br2ClF. The summed E-state index contributed by atoms with van der Waals surface area (Å²) in [5, 5.41) is 0.518. The molecule has 0 spiro atoms. The van der Waals surface area contributed by atoms with Gasteiger partial charge in [0.2, 0.25) is 0 Å². The van der Waals surface area contributed by atoms with E-state index in [0.29, 0.717) is 15.1 Å². The Morgan fingerprint density at radius 1 is 1.21 bits per heavy atom. The van der Waals surface area contributed by atoms with Crippen LogP contribution in [0.5, 0.6) is 0 Å². The van der Waals surface area contributed by atoms with E-state index in [-0.39, 0.29) is 10.6 Å². The van der Waals surface area contributed by atoms with Gasteiger partial charge in [0.25, 0.3) is 0 Å². The van der Waals surface area contributed by atoms with Gasteiger partial charge in [-0.05, 0) is 47.0 Å². The predicted octanol–water partition coefficient (Wildman–Crippen LogP) is 6.23. The van der Waals surface area contributed by atoms with Gasteiger partial charge in [0.15, 0.2) is 0 Å². The van der Waals surface area contributed by atoms with Crippen molar-refractivity contribution in [1.29, 1.82) is 0 Å². The van der Waals surface area contributed by atoms with Crippen molar-refractivity contribution in [3.63, 3.8) is 0 Å². The lowest BCUT2D eigenvalue weighted by Crippen LogP contribution is -1.99. The van der Waals surface area contributed by atoms with Crippen LogP contribution in [0.1, 0.15) is 21.5 Å². The lowest BCUT2D eigenvalue weighted by atomic mass is 10.0. The average molecular weight is 407 g/mol. The van der Waals surface area contributed by atoms with Crippen LogP contribution in [0.15, 0.2) is 40.9 Å². The lowest BCUT2D eigenvalue weighted by molar-refractivity contribution is 0.607. The molecule has 0 aliphatic rings. The van der Waals surface area contributed by atoms with Crippen molar-refractivity contribution in [2.75, 3.05) is 0 Å². The van der Waals surface area contributed by atoms with E-state index in [2.05, 4.69) is 56.1 Å². The third kappa shape index (κ3) is 3.80. The fraction of sp³-hybridized carbons (Fsp3) is 0.200. The predicted molar refractivity (Wildman–Crippen MR) is 85.7 cm³/mol. The Morgan fingerprint density at radius 2 is 1.84 bits per heavy atom. The molecule has 0 fully saturated rings. The fourth-order valence-corrected chi connectivity index (χ4v) is 3.03. The van der Waals surface area contributed by atoms with E-state index in [1.165, 1.54) is 11.6 Å². The van der Waals surface area contributed by atoms with E-state index >= 15 is 0 Å². The van der Waals surface area contributed by atoms with Crippen LogP contribution in [-0.4, -0.2) is 0 Å². The highest BCUT2D eigenvalue weighted by Crippen LogP contribution is 2.34. The van der Waals surface area contributed by atoms with E-state index in [1.54, 1.807) is 6.07 Å². The standard InChI is InChI=1S/C15H12Br2ClF/c1-9-2-4-10(5-3-9)6-12(16)11-7-14(18)13(17)8-15(11)19/h2-5,7-8,12H,6H2,1H3. The molecule has 0 aliphatic heterocycles. The molecule has 2 aromatic rings. The van der Waals surface area contributed by atoms with Crippen molar-refractivity contribution in [3.05, 3.63) is 68.4 Å². The lowest BCUT2D eigenvalue weighted by Gasteiger charge is -2.13. The number of hydrogen-bond donors (Lipinski definition) is 0. The normalized spacial score (nSPS) is 12.5. The van der Waals surface area contributed by atoms with Gasteiger partial charge >= 0.3 is 0 Å². The second kappa shape index (κ2) is 6.38. The molecular weight excluding hydrogens is 394 g/mol. The highest BCUT2D eigenvalue weighted by atomic mass is 79.9. The molecule has 100 valence electrons. The van der Waals surface area contributed by atoms with E-state index in [9.17, 15) is 4.39 Å². The molecule has 0 nitrogen and oxygen atoms in total. The maximum atomic E-state index is 13.9. The Kier molecular flexibility index (Phi) is 5.04.